The lowest BCUT2D eigenvalue weighted by molar-refractivity contribution is -0.142. The second kappa shape index (κ2) is 9.28. The lowest BCUT2D eigenvalue weighted by Crippen LogP contribution is -2.56. The van der Waals surface area contributed by atoms with Gasteiger partial charge in [0.2, 0.25) is 23.6 Å². The molecule has 1 fully saturated rings. The molecule has 0 saturated carbocycles. The molecule has 0 radical (unpaired) electrons. The van der Waals surface area contributed by atoms with Gasteiger partial charge in [0.15, 0.2) is 0 Å². The molecular weight excluding hydrogens is 388 g/mol. The van der Waals surface area contributed by atoms with Crippen LogP contribution in [0.25, 0.3) is 0 Å². The van der Waals surface area contributed by atoms with Gasteiger partial charge in [0.1, 0.15) is 18.1 Å². The Hall–Kier alpha value is -1.90. The number of nitrogens with one attached hydrogen (secondary N) is 3. The van der Waals surface area contributed by atoms with Crippen LogP contribution in [0.1, 0.15) is 48.5 Å². The fraction of sp³-hybridized carbons (Fsp3) is 0.800. The van der Waals surface area contributed by atoms with E-state index in [0.29, 0.717) is 12.2 Å². The first-order valence-corrected chi connectivity index (χ1v) is 13.7. The normalized spacial score (nSPS) is 20.8. The molecule has 1 aliphatic heterocycles. The lowest BCUT2D eigenvalue weighted by atomic mass is 9.95. The van der Waals surface area contributed by atoms with Gasteiger partial charge < -0.3 is 20.9 Å². The Morgan fingerprint density at radius 1 is 0.931 bits per heavy atom. The highest BCUT2D eigenvalue weighted by molar-refractivity contribution is 6.79. The highest BCUT2D eigenvalue weighted by Crippen LogP contribution is 2.28. The van der Waals surface area contributed by atoms with Crippen LogP contribution in [0.4, 0.5) is 0 Å². The summed E-state index contributed by atoms with van der Waals surface area (Å²) in [5, 5.41) is 8.27. The summed E-state index contributed by atoms with van der Waals surface area (Å²) < 4.78 is 0. The number of carbonyl (C=O) groups is 4. The third-order valence-electron chi connectivity index (χ3n) is 4.89. The Balaban J connectivity index is 2.90. The minimum atomic E-state index is -1.79. The van der Waals surface area contributed by atoms with Gasteiger partial charge >= 0.3 is 0 Å². The van der Waals surface area contributed by atoms with Crippen LogP contribution < -0.4 is 16.0 Å². The molecule has 0 aromatic heterocycles. The van der Waals surface area contributed by atoms with E-state index in [1.807, 2.05) is 13.8 Å². The van der Waals surface area contributed by atoms with Crippen LogP contribution in [0.2, 0.25) is 19.1 Å². The third kappa shape index (κ3) is 7.13. The first kappa shape index (κ1) is 25.1. The molecule has 1 heterocycles. The zero-order valence-electron chi connectivity index (χ0n) is 19.3. The SMILES string of the molecule is CC(C)NC(=O)[C@H](C)NC(=O)[C@@H]1C[Si](C)(C)CN1C(=O)[C@H](C)NC(=O)C(C)(C)C. The van der Waals surface area contributed by atoms with Crippen LogP contribution in [0.15, 0.2) is 0 Å². The predicted octanol–water partition coefficient (Wildman–Crippen LogP) is 1.02. The van der Waals surface area contributed by atoms with Crippen molar-refractivity contribution in [2.24, 2.45) is 5.41 Å². The van der Waals surface area contributed by atoms with Crippen molar-refractivity contribution in [3.05, 3.63) is 0 Å². The van der Waals surface area contributed by atoms with Gasteiger partial charge in [-0.2, -0.15) is 0 Å². The number of hydrogen-bond acceptors (Lipinski definition) is 4. The van der Waals surface area contributed by atoms with E-state index in [-0.39, 0.29) is 29.7 Å². The minimum Gasteiger partial charge on any atom is -0.352 e. The van der Waals surface area contributed by atoms with Gasteiger partial charge in [0.05, 0.1) is 8.07 Å². The van der Waals surface area contributed by atoms with Crippen LogP contribution in [-0.4, -0.2) is 66.9 Å². The van der Waals surface area contributed by atoms with E-state index in [0.717, 1.165) is 0 Å². The Morgan fingerprint density at radius 3 is 1.97 bits per heavy atom. The van der Waals surface area contributed by atoms with Gasteiger partial charge in [0.25, 0.3) is 0 Å². The Bertz CT molecular complexity index is 657. The van der Waals surface area contributed by atoms with Crippen molar-refractivity contribution >= 4 is 31.7 Å². The Kier molecular flexibility index (Phi) is 8.04. The molecule has 0 aromatic carbocycles. The van der Waals surface area contributed by atoms with Crippen LogP contribution in [0.3, 0.4) is 0 Å². The van der Waals surface area contributed by atoms with Crippen molar-refractivity contribution in [3.8, 4) is 0 Å². The zero-order valence-corrected chi connectivity index (χ0v) is 20.3. The number of amides is 4. The number of rotatable bonds is 6. The molecule has 8 nitrogen and oxygen atoms in total. The molecule has 0 bridgehead atoms. The molecule has 0 spiro atoms. The van der Waals surface area contributed by atoms with Gasteiger partial charge in [-0.3, -0.25) is 19.2 Å². The van der Waals surface area contributed by atoms with Crippen molar-refractivity contribution in [1.29, 1.82) is 0 Å². The fourth-order valence-electron chi connectivity index (χ4n) is 3.24. The van der Waals surface area contributed by atoms with Gasteiger partial charge in [-0.1, -0.05) is 33.9 Å². The monoisotopic (exact) mass is 426 g/mol. The topological polar surface area (TPSA) is 108 Å². The summed E-state index contributed by atoms with van der Waals surface area (Å²) in [4.78, 5) is 51.9. The summed E-state index contributed by atoms with van der Waals surface area (Å²) in [5.41, 5.74) is -0.608. The van der Waals surface area contributed by atoms with Crippen LogP contribution in [0.5, 0.6) is 0 Å². The van der Waals surface area contributed by atoms with Crippen LogP contribution >= 0.6 is 0 Å². The molecule has 1 rings (SSSR count). The Labute approximate surface area is 175 Å². The molecule has 166 valence electrons. The van der Waals surface area contributed by atoms with E-state index in [4.69, 9.17) is 0 Å². The van der Waals surface area contributed by atoms with Gasteiger partial charge in [-0.05, 0) is 33.7 Å². The van der Waals surface area contributed by atoms with Gasteiger partial charge in [-0.15, -0.1) is 0 Å². The Morgan fingerprint density at radius 2 is 1.48 bits per heavy atom. The average Bonchev–Trinajstić information content (AvgIpc) is 2.88. The summed E-state index contributed by atoms with van der Waals surface area (Å²) in [5.74, 6) is -1.06. The second-order valence-electron chi connectivity index (χ2n) is 10.2. The van der Waals surface area contributed by atoms with E-state index < -0.39 is 31.6 Å². The third-order valence-corrected chi connectivity index (χ3v) is 7.58. The number of hydrogen-bond donors (Lipinski definition) is 3. The second-order valence-corrected chi connectivity index (χ2v) is 15.2. The highest BCUT2D eigenvalue weighted by atomic mass is 28.3. The lowest BCUT2D eigenvalue weighted by Gasteiger charge is -2.29. The van der Waals surface area contributed by atoms with E-state index in [9.17, 15) is 19.2 Å². The van der Waals surface area contributed by atoms with Gasteiger partial charge in [-0.25, -0.2) is 0 Å². The molecule has 0 unspecified atom stereocenters. The maximum Gasteiger partial charge on any atom is 0.245 e. The largest absolute Gasteiger partial charge is 0.352 e. The van der Waals surface area contributed by atoms with E-state index in [1.54, 1.807) is 39.5 Å². The zero-order chi connectivity index (χ0) is 22.7. The smallest absolute Gasteiger partial charge is 0.245 e. The van der Waals surface area contributed by atoms with Crippen LogP contribution in [-0.2, 0) is 19.2 Å². The van der Waals surface area contributed by atoms with E-state index >= 15 is 0 Å². The minimum absolute atomic E-state index is 0.0231. The molecule has 0 aliphatic carbocycles. The predicted molar refractivity (Wildman–Crippen MR) is 116 cm³/mol. The summed E-state index contributed by atoms with van der Waals surface area (Å²) in [6, 6.07) is -1.42. The van der Waals surface area contributed by atoms with Crippen LogP contribution in [0, 0.1) is 5.41 Å². The van der Waals surface area contributed by atoms with Crippen molar-refractivity contribution in [1.82, 2.24) is 20.9 Å². The summed E-state index contributed by atoms with van der Waals surface area (Å²) in [6.07, 6.45) is 0.548. The molecule has 1 saturated heterocycles. The molecule has 9 heteroatoms. The molecule has 29 heavy (non-hydrogen) atoms. The van der Waals surface area contributed by atoms with Crippen molar-refractivity contribution < 1.29 is 19.2 Å². The maximum atomic E-state index is 13.0. The molecule has 3 N–H and O–H groups in total. The number of carbonyl (C=O) groups excluding carboxylic acids is 4. The molecular formula is C20H38N4O4Si. The van der Waals surface area contributed by atoms with Crippen molar-refractivity contribution in [2.75, 3.05) is 6.17 Å². The first-order chi connectivity index (χ1) is 13.0. The molecule has 4 amide bonds. The summed E-state index contributed by atoms with van der Waals surface area (Å²) in [7, 11) is -1.79. The molecule has 0 aromatic rings. The van der Waals surface area contributed by atoms with Gasteiger partial charge in [0, 0.05) is 17.6 Å². The molecule has 1 aliphatic rings. The standard InChI is InChI=1S/C20H38N4O4Si/c1-12(2)21-16(25)13(3)22-17(26)15-10-29(8,9)11-24(15)18(27)14(4)23-19(28)20(5,6)7/h12-15H,10-11H2,1-9H3,(H,21,25)(H,22,26)(H,23,28)/t13-,14-,15-/m0/s1. The van der Waals surface area contributed by atoms with Crippen molar-refractivity contribution in [2.45, 2.75) is 91.8 Å². The highest BCUT2D eigenvalue weighted by Gasteiger charge is 2.46. The average molecular weight is 427 g/mol. The summed E-state index contributed by atoms with van der Waals surface area (Å²) >= 11 is 0. The molecule has 3 atom stereocenters. The number of nitrogens with zero attached hydrogens (tertiary/aromatic N) is 1. The van der Waals surface area contributed by atoms with E-state index in [1.165, 1.54) is 0 Å². The van der Waals surface area contributed by atoms with Crippen molar-refractivity contribution in [3.63, 3.8) is 0 Å². The quantitative estimate of drug-likeness (QED) is 0.551. The fourth-order valence-corrected chi connectivity index (χ4v) is 6.12. The summed E-state index contributed by atoms with van der Waals surface area (Å²) in [6.45, 7) is 16.6. The maximum absolute atomic E-state index is 13.0. The first-order valence-electron chi connectivity index (χ1n) is 10.3. The van der Waals surface area contributed by atoms with E-state index in [2.05, 4.69) is 29.0 Å².